The predicted octanol–water partition coefficient (Wildman–Crippen LogP) is 4.85. The highest BCUT2D eigenvalue weighted by Gasteiger charge is 2.18. The third-order valence-corrected chi connectivity index (χ3v) is 4.73. The van der Waals surface area contributed by atoms with E-state index in [1.165, 1.54) is 20.3 Å². The van der Waals surface area contributed by atoms with Gasteiger partial charge in [0.25, 0.3) is 0 Å². The Labute approximate surface area is 142 Å². The van der Waals surface area contributed by atoms with Crippen LogP contribution in [0.2, 0.25) is 0 Å². The van der Waals surface area contributed by atoms with Crippen molar-refractivity contribution in [3.05, 3.63) is 61.4 Å². The van der Waals surface area contributed by atoms with Crippen LogP contribution in [0.15, 0.2) is 41.1 Å². The van der Waals surface area contributed by atoms with Gasteiger partial charge in [-0.15, -0.1) is 0 Å². The summed E-state index contributed by atoms with van der Waals surface area (Å²) in [5, 5.41) is 3.65. The maximum atomic E-state index is 4.30. The van der Waals surface area contributed by atoms with Crippen LogP contribution in [0, 0.1) is 10.5 Å². The highest BCUT2D eigenvalue weighted by molar-refractivity contribution is 14.1. The molecule has 4 heteroatoms. The molecule has 20 heavy (non-hydrogen) atoms. The van der Waals surface area contributed by atoms with E-state index in [9.17, 15) is 0 Å². The fraction of sp³-hybridized carbons (Fsp3) is 0.312. The number of aryl methyl sites for hydroxylation is 1. The normalized spacial score (nSPS) is 12.4. The van der Waals surface area contributed by atoms with Gasteiger partial charge in [-0.25, -0.2) is 0 Å². The summed E-state index contributed by atoms with van der Waals surface area (Å²) in [5.74, 6) is 0. The first kappa shape index (κ1) is 15.9. The Bertz CT molecular complexity index is 586. The molecule has 0 aliphatic rings. The molecule has 1 unspecified atom stereocenters. The number of nitrogens with one attached hydrogen (secondary N) is 1. The van der Waals surface area contributed by atoms with Crippen LogP contribution in [-0.4, -0.2) is 11.5 Å². The molecule has 1 heterocycles. The largest absolute Gasteiger partial charge is 0.306 e. The van der Waals surface area contributed by atoms with Gasteiger partial charge in [0.2, 0.25) is 0 Å². The van der Waals surface area contributed by atoms with Gasteiger partial charge in [0.15, 0.2) is 0 Å². The number of hydrogen-bond donors (Lipinski definition) is 1. The van der Waals surface area contributed by atoms with Crippen molar-refractivity contribution in [2.45, 2.75) is 26.3 Å². The SMILES string of the molecule is CCCNC(c1cnccc1C)c1cc(Br)ccc1I. The Morgan fingerprint density at radius 3 is 2.80 bits per heavy atom. The summed E-state index contributed by atoms with van der Waals surface area (Å²) in [6.45, 7) is 5.32. The van der Waals surface area contributed by atoms with Crippen molar-refractivity contribution in [3.63, 3.8) is 0 Å². The first-order chi connectivity index (χ1) is 9.63. The summed E-state index contributed by atoms with van der Waals surface area (Å²) in [6.07, 6.45) is 4.93. The van der Waals surface area contributed by atoms with E-state index in [4.69, 9.17) is 0 Å². The molecule has 0 bridgehead atoms. The number of benzene rings is 1. The second kappa shape index (κ2) is 7.52. The maximum absolute atomic E-state index is 4.30. The van der Waals surface area contributed by atoms with Gasteiger partial charge in [-0.05, 0) is 83.4 Å². The van der Waals surface area contributed by atoms with Gasteiger partial charge in [-0.1, -0.05) is 22.9 Å². The minimum atomic E-state index is 0.188. The van der Waals surface area contributed by atoms with Gasteiger partial charge >= 0.3 is 0 Å². The van der Waals surface area contributed by atoms with Gasteiger partial charge in [-0.3, -0.25) is 4.98 Å². The molecule has 0 spiro atoms. The number of rotatable bonds is 5. The first-order valence-corrected chi connectivity index (χ1v) is 8.59. The van der Waals surface area contributed by atoms with Crippen LogP contribution in [0.4, 0.5) is 0 Å². The molecule has 2 rings (SSSR count). The third-order valence-electron chi connectivity index (χ3n) is 3.26. The zero-order valence-electron chi connectivity index (χ0n) is 11.7. The van der Waals surface area contributed by atoms with Crippen LogP contribution in [0.3, 0.4) is 0 Å². The lowest BCUT2D eigenvalue weighted by Crippen LogP contribution is -2.25. The molecule has 0 radical (unpaired) electrons. The molecule has 0 aliphatic carbocycles. The second-order valence-corrected chi connectivity index (χ2v) is 6.86. The van der Waals surface area contributed by atoms with Crippen LogP contribution < -0.4 is 5.32 Å². The molecule has 1 N–H and O–H groups in total. The first-order valence-electron chi connectivity index (χ1n) is 6.72. The fourth-order valence-electron chi connectivity index (χ4n) is 2.19. The van der Waals surface area contributed by atoms with Crippen LogP contribution in [0.25, 0.3) is 0 Å². The molecule has 106 valence electrons. The summed E-state index contributed by atoms with van der Waals surface area (Å²) < 4.78 is 2.38. The highest BCUT2D eigenvalue weighted by atomic mass is 127. The predicted molar refractivity (Wildman–Crippen MR) is 96.0 cm³/mol. The van der Waals surface area contributed by atoms with E-state index in [0.29, 0.717) is 0 Å². The molecule has 0 aliphatic heterocycles. The van der Waals surface area contributed by atoms with Crippen LogP contribution in [0.1, 0.15) is 36.1 Å². The monoisotopic (exact) mass is 444 g/mol. The van der Waals surface area contributed by atoms with Crippen LogP contribution >= 0.6 is 38.5 Å². The van der Waals surface area contributed by atoms with Crippen LogP contribution in [0.5, 0.6) is 0 Å². The lowest BCUT2D eigenvalue weighted by Gasteiger charge is -2.22. The minimum Gasteiger partial charge on any atom is -0.306 e. The number of nitrogens with zero attached hydrogens (tertiary/aromatic N) is 1. The Morgan fingerprint density at radius 2 is 2.10 bits per heavy atom. The fourth-order valence-corrected chi connectivity index (χ4v) is 3.22. The van der Waals surface area contributed by atoms with Gasteiger partial charge in [-0.2, -0.15) is 0 Å². The van der Waals surface area contributed by atoms with E-state index < -0.39 is 0 Å². The van der Waals surface area contributed by atoms with Crippen molar-refractivity contribution in [1.82, 2.24) is 10.3 Å². The molecule has 0 saturated heterocycles. The number of aromatic nitrogens is 1. The Morgan fingerprint density at radius 1 is 1.30 bits per heavy atom. The van der Waals surface area contributed by atoms with Gasteiger partial charge in [0.1, 0.15) is 0 Å². The molecular formula is C16H18BrIN2. The molecular weight excluding hydrogens is 427 g/mol. The molecule has 1 aromatic carbocycles. The van der Waals surface area contributed by atoms with Crippen molar-refractivity contribution < 1.29 is 0 Å². The third kappa shape index (κ3) is 3.80. The minimum absolute atomic E-state index is 0.188. The maximum Gasteiger partial charge on any atom is 0.0605 e. The molecule has 0 amide bonds. The second-order valence-electron chi connectivity index (χ2n) is 4.79. The van der Waals surface area contributed by atoms with E-state index in [-0.39, 0.29) is 6.04 Å². The number of hydrogen-bond acceptors (Lipinski definition) is 2. The molecule has 1 atom stereocenters. The van der Waals surface area contributed by atoms with Gasteiger partial charge in [0, 0.05) is 20.4 Å². The van der Waals surface area contributed by atoms with Gasteiger partial charge < -0.3 is 5.32 Å². The quantitative estimate of drug-likeness (QED) is 0.667. The topological polar surface area (TPSA) is 24.9 Å². The van der Waals surface area contributed by atoms with Crippen molar-refractivity contribution in [2.24, 2.45) is 0 Å². The molecule has 2 nitrogen and oxygen atoms in total. The molecule has 0 fully saturated rings. The Hall–Kier alpha value is -0.460. The van der Waals surface area contributed by atoms with E-state index >= 15 is 0 Å². The van der Waals surface area contributed by atoms with Crippen molar-refractivity contribution in [2.75, 3.05) is 6.54 Å². The van der Waals surface area contributed by atoms with E-state index in [2.05, 4.69) is 86.9 Å². The Balaban J connectivity index is 2.47. The standard InChI is InChI=1S/C16H18BrIN2/c1-3-7-20-16(14-10-19-8-6-11(14)2)13-9-12(17)4-5-15(13)18/h4-6,8-10,16,20H,3,7H2,1-2H3. The Kier molecular flexibility index (Phi) is 5.99. The van der Waals surface area contributed by atoms with E-state index in [1.54, 1.807) is 0 Å². The van der Waals surface area contributed by atoms with Crippen LogP contribution in [-0.2, 0) is 0 Å². The molecule has 0 saturated carbocycles. The summed E-state index contributed by atoms with van der Waals surface area (Å²) in [6, 6.07) is 8.68. The van der Waals surface area contributed by atoms with Gasteiger partial charge in [0.05, 0.1) is 6.04 Å². The molecule has 1 aromatic heterocycles. The summed E-state index contributed by atoms with van der Waals surface area (Å²) >= 11 is 5.98. The van der Waals surface area contributed by atoms with E-state index in [0.717, 1.165) is 17.4 Å². The summed E-state index contributed by atoms with van der Waals surface area (Å²) in [5.41, 5.74) is 3.81. The average Bonchev–Trinajstić information content (AvgIpc) is 2.44. The average molecular weight is 445 g/mol. The summed E-state index contributed by atoms with van der Waals surface area (Å²) in [7, 11) is 0. The lowest BCUT2D eigenvalue weighted by atomic mass is 9.96. The zero-order chi connectivity index (χ0) is 14.5. The zero-order valence-corrected chi connectivity index (χ0v) is 15.4. The van der Waals surface area contributed by atoms with Crippen molar-refractivity contribution >= 4 is 38.5 Å². The smallest absolute Gasteiger partial charge is 0.0605 e. The molecule has 2 aromatic rings. The number of pyridine rings is 1. The highest BCUT2D eigenvalue weighted by Crippen LogP contribution is 2.30. The van der Waals surface area contributed by atoms with Crippen molar-refractivity contribution in [3.8, 4) is 0 Å². The number of halogens is 2. The van der Waals surface area contributed by atoms with E-state index in [1.807, 2.05) is 12.4 Å². The summed E-state index contributed by atoms with van der Waals surface area (Å²) in [4.78, 5) is 4.30. The lowest BCUT2D eigenvalue weighted by molar-refractivity contribution is 0.592. The van der Waals surface area contributed by atoms with Crippen molar-refractivity contribution in [1.29, 1.82) is 0 Å².